The molecule has 0 radical (unpaired) electrons. The molecule has 28 heavy (non-hydrogen) atoms. The van der Waals surface area contributed by atoms with Crippen LogP contribution in [0.2, 0.25) is 0 Å². The molecule has 0 heterocycles. The largest absolute Gasteiger partial charge is 0.481 e. The molecule has 0 aromatic rings. The van der Waals surface area contributed by atoms with E-state index in [0.29, 0.717) is 0 Å². The first-order valence-electron chi connectivity index (χ1n) is 7.19. The van der Waals surface area contributed by atoms with Crippen molar-refractivity contribution in [2.45, 2.75) is 52.1 Å². The maximum atomic E-state index is 9.00. The van der Waals surface area contributed by atoms with Gasteiger partial charge in [-0.3, -0.25) is 19.2 Å². The fourth-order valence-electron chi connectivity index (χ4n) is 0.671. The average Bonchev–Trinajstić information content (AvgIpc) is 2.49. The Hall–Kier alpha value is -2.36. The summed E-state index contributed by atoms with van der Waals surface area (Å²) < 4.78 is 0. The van der Waals surface area contributed by atoms with Gasteiger partial charge in [0.05, 0.1) is 13.2 Å². The Balaban J connectivity index is -0.0000000910. The zero-order chi connectivity index (χ0) is 24.0. The van der Waals surface area contributed by atoms with E-state index in [1.165, 1.54) is 0 Å². The van der Waals surface area contributed by atoms with E-state index < -0.39 is 61.5 Å². The summed E-state index contributed by atoms with van der Waals surface area (Å²) in [7, 11) is 0. The maximum Gasteiger partial charge on any atom is 0.300 e. The molecule has 10 N–H and O–H groups in total. The van der Waals surface area contributed by atoms with Gasteiger partial charge in [0.1, 0.15) is 24.4 Å². The third-order valence-electron chi connectivity index (χ3n) is 1.51. The van der Waals surface area contributed by atoms with Gasteiger partial charge in [0.25, 0.3) is 23.9 Å². The van der Waals surface area contributed by atoms with Gasteiger partial charge in [-0.2, -0.15) is 0 Å². The second-order valence-corrected chi connectivity index (χ2v) is 4.56. The van der Waals surface area contributed by atoms with Gasteiger partial charge in [-0.15, -0.1) is 0 Å². The van der Waals surface area contributed by atoms with Crippen molar-refractivity contribution in [1.82, 2.24) is 0 Å². The molecule has 0 spiro atoms. The minimum absolute atomic E-state index is 0.726. The van der Waals surface area contributed by atoms with Crippen LogP contribution < -0.4 is 0 Å². The van der Waals surface area contributed by atoms with E-state index >= 15 is 0 Å². The highest BCUT2D eigenvalue weighted by Gasteiger charge is 2.29. The standard InChI is InChI=1S/C6H14O6.4C2H4O2/c7-1-3(9)5(11)6(12)4(10)2-8;4*1-2(3)4/h3-12H,1-2H2;4*1H3,(H,3,4)/t3-,4+,5-,6-;;;;/m1..../s1. The summed E-state index contributed by atoms with van der Waals surface area (Å²) in [6.45, 7) is 2.88. The lowest BCUT2D eigenvalue weighted by atomic mass is 10.0. The molecule has 0 fully saturated rings. The predicted molar refractivity (Wildman–Crippen MR) is 91.4 cm³/mol. The van der Waals surface area contributed by atoms with Crippen LogP contribution in [0.1, 0.15) is 27.7 Å². The Morgan fingerprint density at radius 3 is 0.714 bits per heavy atom. The lowest BCUT2D eigenvalue weighted by Crippen LogP contribution is -2.46. The number of carboxylic acids is 4. The first-order chi connectivity index (χ1) is 12.5. The van der Waals surface area contributed by atoms with Gasteiger partial charge < -0.3 is 51.1 Å². The van der Waals surface area contributed by atoms with Crippen molar-refractivity contribution >= 4 is 23.9 Å². The summed E-state index contributed by atoms with van der Waals surface area (Å²) in [4.78, 5) is 36.0. The fraction of sp³-hybridized carbons (Fsp3) is 0.714. The van der Waals surface area contributed by atoms with Crippen LogP contribution >= 0.6 is 0 Å². The van der Waals surface area contributed by atoms with E-state index in [0.717, 1.165) is 27.7 Å². The zero-order valence-electron chi connectivity index (χ0n) is 15.8. The maximum absolute atomic E-state index is 9.00. The van der Waals surface area contributed by atoms with Crippen LogP contribution in [0.5, 0.6) is 0 Å². The minimum atomic E-state index is -1.67. The Morgan fingerprint density at radius 2 is 0.643 bits per heavy atom. The molecule has 0 bridgehead atoms. The number of aliphatic hydroxyl groups excluding tert-OH is 6. The second-order valence-electron chi connectivity index (χ2n) is 4.56. The number of carboxylic acid groups (broad SMARTS) is 4. The van der Waals surface area contributed by atoms with Crippen LogP contribution in [-0.2, 0) is 19.2 Å². The Labute approximate surface area is 160 Å². The Kier molecular flexibility index (Phi) is 32.2. The first-order valence-corrected chi connectivity index (χ1v) is 7.19. The molecule has 4 atom stereocenters. The average molecular weight is 422 g/mol. The lowest BCUT2D eigenvalue weighted by Gasteiger charge is -2.24. The summed E-state index contributed by atoms with van der Waals surface area (Å²) in [6.07, 6.45) is -6.39. The van der Waals surface area contributed by atoms with Crippen LogP contribution in [0.25, 0.3) is 0 Å². The van der Waals surface area contributed by atoms with E-state index in [1.54, 1.807) is 0 Å². The van der Waals surface area contributed by atoms with Crippen LogP contribution in [-0.4, -0.2) is 113 Å². The monoisotopic (exact) mass is 422 g/mol. The van der Waals surface area contributed by atoms with E-state index in [-0.39, 0.29) is 0 Å². The Bertz CT molecular complexity index is 333. The topological polar surface area (TPSA) is 271 Å². The molecule has 0 aromatic heterocycles. The second kappa shape index (κ2) is 24.6. The SMILES string of the molecule is CC(=O)O.CC(=O)O.CC(=O)O.CC(=O)O.OC[C@@H](O)[C@@H](O)[C@H](O)[C@@H](O)CO. The third kappa shape index (κ3) is 65.1. The summed E-state index contributed by atoms with van der Waals surface area (Å²) >= 11 is 0. The molecule has 0 unspecified atom stereocenters. The van der Waals surface area contributed by atoms with Crippen molar-refractivity contribution in [3.63, 3.8) is 0 Å². The number of aliphatic carboxylic acids is 4. The zero-order valence-corrected chi connectivity index (χ0v) is 15.8. The highest BCUT2D eigenvalue weighted by atomic mass is 16.4. The van der Waals surface area contributed by atoms with E-state index in [4.69, 9.17) is 70.2 Å². The van der Waals surface area contributed by atoms with Crippen molar-refractivity contribution in [1.29, 1.82) is 0 Å². The molecular weight excluding hydrogens is 392 g/mol. The molecule has 0 rings (SSSR count). The molecule has 170 valence electrons. The number of hydrogen-bond acceptors (Lipinski definition) is 10. The molecule has 0 aliphatic heterocycles. The van der Waals surface area contributed by atoms with Gasteiger partial charge in [0, 0.05) is 27.7 Å². The van der Waals surface area contributed by atoms with Gasteiger partial charge in [0.2, 0.25) is 0 Å². The van der Waals surface area contributed by atoms with Gasteiger partial charge in [0.15, 0.2) is 0 Å². The highest BCUT2D eigenvalue weighted by molar-refractivity contribution is 5.63. The molecule has 0 aliphatic rings. The minimum Gasteiger partial charge on any atom is -0.481 e. The molecule has 0 saturated heterocycles. The number of hydrogen-bond donors (Lipinski definition) is 10. The third-order valence-corrected chi connectivity index (χ3v) is 1.51. The smallest absolute Gasteiger partial charge is 0.300 e. The summed E-state index contributed by atoms with van der Waals surface area (Å²) in [5.74, 6) is -3.33. The van der Waals surface area contributed by atoms with Crippen LogP contribution in [0.3, 0.4) is 0 Å². The molecule has 0 saturated carbocycles. The lowest BCUT2D eigenvalue weighted by molar-refractivity contribution is -0.135. The Morgan fingerprint density at radius 1 is 0.536 bits per heavy atom. The van der Waals surface area contributed by atoms with Crippen LogP contribution in [0, 0.1) is 0 Å². The van der Waals surface area contributed by atoms with Crippen molar-refractivity contribution in [3.05, 3.63) is 0 Å². The van der Waals surface area contributed by atoms with Gasteiger partial charge in [-0.25, -0.2) is 0 Å². The quantitative estimate of drug-likeness (QED) is 0.209. The van der Waals surface area contributed by atoms with Gasteiger partial charge in [-0.1, -0.05) is 0 Å². The van der Waals surface area contributed by atoms with Crippen molar-refractivity contribution in [3.8, 4) is 0 Å². The number of carbonyl (C=O) groups is 4. The normalized spacial score (nSPS) is 12.8. The molecule has 0 aromatic carbocycles. The predicted octanol–water partition coefficient (Wildman–Crippen LogP) is -3.22. The van der Waals surface area contributed by atoms with E-state index in [1.807, 2.05) is 0 Å². The summed E-state index contributed by atoms with van der Waals surface area (Å²) in [6, 6.07) is 0. The van der Waals surface area contributed by atoms with Crippen LogP contribution in [0.4, 0.5) is 0 Å². The van der Waals surface area contributed by atoms with E-state index in [2.05, 4.69) is 0 Å². The van der Waals surface area contributed by atoms with Crippen molar-refractivity contribution in [2.75, 3.05) is 13.2 Å². The van der Waals surface area contributed by atoms with Crippen molar-refractivity contribution < 1.29 is 70.2 Å². The fourth-order valence-corrected chi connectivity index (χ4v) is 0.671. The van der Waals surface area contributed by atoms with E-state index in [9.17, 15) is 0 Å². The van der Waals surface area contributed by atoms with Gasteiger partial charge >= 0.3 is 0 Å². The molecular formula is C14H30O14. The summed E-state index contributed by atoms with van der Waals surface area (Å²) in [5.41, 5.74) is 0. The van der Waals surface area contributed by atoms with Crippen LogP contribution in [0.15, 0.2) is 0 Å². The van der Waals surface area contributed by atoms with Gasteiger partial charge in [-0.05, 0) is 0 Å². The van der Waals surface area contributed by atoms with Crippen molar-refractivity contribution in [2.24, 2.45) is 0 Å². The molecule has 14 nitrogen and oxygen atoms in total. The number of aliphatic hydroxyl groups is 6. The molecule has 0 aliphatic carbocycles. The molecule has 0 amide bonds. The highest BCUT2D eigenvalue weighted by Crippen LogP contribution is 2.03. The number of rotatable bonds is 5. The molecule has 14 heteroatoms. The summed E-state index contributed by atoms with van der Waals surface area (Å²) in [5, 5.41) is 81.8. The first kappa shape index (κ1) is 36.5.